The molecule has 0 radical (unpaired) electrons. The van der Waals surface area contributed by atoms with Crippen LogP contribution in [0.2, 0.25) is 0 Å². The summed E-state index contributed by atoms with van der Waals surface area (Å²) in [5, 5.41) is 24.3. The lowest BCUT2D eigenvalue weighted by Crippen LogP contribution is -2.53. The van der Waals surface area contributed by atoms with E-state index in [1.807, 2.05) is 35.6 Å². The minimum absolute atomic E-state index is 0.188. The molecule has 1 heterocycles. The topological polar surface area (TPSA) is 149 Å². The van der Waals surface area contributed by atoms with E-state index in [4.69, 9.17) is 9.15 Å². The molecule has 1 N–H and O–H groups in total. The molecule has 1 amide bonds. The van der Waals surface area contributed by atoms with E-state index in [0.29, 0.717) is 10.9 Å². The van der Waals surface area contributed by atoms with Gasteiger partial charge in [0, 0.05) is 29.9 Å². The average Bonchev–Trinajstić information content (AvgIpc) is 2.72. The Morgan fingerprint density at radius 3 is 2.42 bits per heavy atom. The van der Waals surface area contributed by atoms with Gasteiger partial charge in [0.25, 0.3) is 5.91 Å². The molecule has 2 atom stereocenters. The highest BCUT2D eigenvalue weighted by Crippen LogP contribution is 2.29. The minimum Gasteiger partial charge on any atom is -0.550 e. The molecule has 9 heteroatoms. The van der Waals surface area contributed by atoms with Crippen LogP contribution in [0.3, 0.4) is 0 Å². The summed E-state index contributed by atoms with van der Waals surface area (Å²) in [5.41, 5.74) is 1.17. The Kier molecular flexibility index (Phi) is 6.35. The standard InChI is InChI=1S/C22H19NO8/c1-12(21(27)23-17(22(28)29)11-19(24)25)30-14-7-8-15-16(13-5-3-2-4-6-13)10-20(26)31-18(15)9-14/h2-10,12,17H,11H2,1H3,(H,23,27)(H,24,25)(H,28,29)/p-2/t12-,17-/m1/s1. The molecule has 3 rings (SSSR count). The molecule has 0 aliphatic rings. The molecule has 3 aromatic rings. The van der Waals surface area contributed by atoms with Crippen molar-refractivity contribution in [2.75, 3.05) is 0 Å². The van der Waals surface area contributed by atoms with Crippen molar-refractivity contribution in [2.24, 2.45) is 0 Å². The maximum atomic E-state index is 12.2. The van der Waals surface area contributed by atoms with Crippen molar-refractivity contribution >= 4 is 28.8 Å². The number of carbonyl (C=O) groups excluding carboxylic acids is 3. The number of carboxylic acids is 2. The maximum absolute atomic E-state index is 12.2. The zero-order valence-corrected chi connectivity index (χ0v) is 16.3. The van der Waals surface area contributed by atoms with Crippen LogP contribution < -0.4 is 25.9 Å². The van der Waals surface area contributed by atoms with Gasteiger partial charge in [0.2, 0.25) is 0 Å². The van der Waals surface area contributed by atoms with E-state index < -0.39 is 42.0 Å². The molecule has 0 saturated heterocycles. The molecule has 0 aliphatic heterocycles. The van der Waals surface area contributed by atoms with Crippen LogP contribution in [-0.4, -0.2) is 30.0 Å². The first-order valence-corrected chi connectivity index (χ1v) is 9.25. The Balaban J connectivity index is 1.82. The summed E-state index contributed by atoms with van der Waals surface area (Å²) in [6.45, 7) is 1.35. The van der Waals surface area contributed by atoms with Crippen LogP contribution in [0.4, 0.5) is 0 Å². The van der Waals surface area contributed by atoms with Gasteiger partial charge in [-0.1, -0.05) is 30.3 Å². The number of nitrogens with one attached hydrogen (secondary N) is 1. The SMILES string of the molecule is C[C@@H](Oc1ccc2c(-c3ccccc3)cc(=O)oc2c1)C(=O)N[C@H](CC(=O)[O-])C(=O)[O-]. The lowest BCUT2D eigenvalue weighted by molar-refractivity contribution is -0.317. The van der Waals surface area contributed by atoms with Crippen LogP contribution in [0, 0.1) is 0 Å². The van der Waals surface area contributed by atoms with E-state index >= 15 is 0 Å². The van der Waals surface area contributed by atoms with Gasteiger partial charge in [-0.2, -0.15) is 0 Å². The van der Waals surface area contributed by atoms with Gasteiger partial charge in [-0.25, -0.2) is 4.79 Å². The number of hydrogen-bond acceptors (Lipinski definition) is 8. The van der Waals surface area contributed by atoms with Gasteiger partial charge in [-0.15, -0.1) is 0 Å². The average molecular weight is 423 g/mol. The molecule has 0 aliphatic carbocycles. The third kappa shape index (κ3) is 5.27. The number of rotatable bonds is 8. The van der Waals surface area contributed by atoms with Crippen LogP contribution in [0.1, 0.15) is 13.3 Å². The van der Waals surface area contributed by atoms with E-state index in [2.05, 4.69) is 0 Å². The second kappa shape index (κ2) is 9.12. The number of fused-ring (bicyclic) bond motifs is 1. The minimum atomic E-state index is -1.76. The summed E-state index contributed by atoms with van der Waals surface area (Å²) in [6, 6.07) is 13.5. The lowest BCUT2D eigenvalue weighted by atomic mass is 10.0. The first-order chi connectivity index (χ1) is 14.7. The molecular formula is C22H17NO8-2. The Bertz CT molecular complexity index is 1190. The smallest absolute Gasteiger partial charge is 0.336 e. The largest absolute Gasteiger partial charge is 0.550 e. The fourth-order valence-electron chi connectivity index (χ4n) is 2.98. The van der Waals surface area contributed by atoms with Crippen molar-refractivity contribution in [2.45, 2.75) is 25.5 Å². The van der Waals surface area contributed by atoms with E-state index in [9.17, 15) is 29.4 Å². The second-order valence-corrected chi connectivity index (χ2v) is 6.72. The van der Waals surface area contributed by atoms with Crippen molar-refractivity contribution in [1.82, 2.24) is 5.32 Å². The molecule has 0 saturated carbocycles. The van der Waals surface area contributed by atoms with Crippen LogP contribution in [0.5, 0.6) is 5.75 Å². The number of amides is 1. The fourth-order valence-corrected chi connectivity index (χ4v) is 2.98. The molecule has 2 aromatic carbocycles. The zero-order chi connectivity index (χ0) is 22.5. The van der Waals surface area contributed by atoms with Crippen LogP contribution in [-0.2, 0) is 14.4 Å². The van der Waals surface area contributed by atoms with Crippen molar-refractivity contribution in [3.05, 3.63) is 65.0 Å². The molecule has 0 bridgehead atoms. The predicted octanol–water partition coefficient (Wildman–Crippen LogP) is -0.398. The third-order valence-electron chi connectivity index (χ3n) is 4.45. The maximum Gasteiger partial charge on any atom is 0.336 e. The molecule has 160 valence electrons. The van der Waals surface area contributed by atoms with E-state index in [1.165, 1.54) is 19.1 Å². The normalized spacial score (nSPS) is 12.7. The molecule has 9 nitrogen and oxygen atoms in total. The van der Waals surface area contributed by atoms with Crippen LogP contribution in [0.15, 0.2) is 63.8 Å². The number of benzene rings is 2. The Hall–Kier alpha value is -4.14. The van der Waals surface area contributed by atoms with E-state index in [1.54, 1.807) is 12.1 Å². The molecular weight excluding hydrogens is 406 g/mol. The van der Waals surface area contributed by atoms with Gasteiger partial charge in [-0.3, -0.25) is 4.79 Å². The van der Waals surface area contributed by atoms with Crippen molar-refractivity contribution < 1.29 is 33.8 Å². The second-order valence-electron chi connectivity index (χ2n) is 6.72. The highest BCUT2D eigenvalue weighted by Gasteiger charge is 2.20. The number of carbonyl (C=O) groups is 3. The molecule has 0 unspecified atom stereocenters. The summed E-state index contributed by atoms with van der Waals surface area (Å²) in [4.78, 5) is 45.8. The van der Waals surface area contributed by atoms with Crippen LogP contribution >= 0.6 is 0 Å². The van der Waals surface area contributed by atoms with Gasteiger partial charge in [0.05, 0.1) is 12.0 Å². The van der Waals surface area contributed by atoms with Gasteiger partial charge < -0.3 is 34.3 Å². The van der Waals surface area contributed by atoms with Gasteiger partial charge in [0.15, 0.2) is 6.10 Å². The molecule has 0 fully saturated rings. The predicted molar refractivity (Wildman–Crippen MR) is 105 cm³/mol. The summed E-state index contributed by atoms with van der Waals surface area (Å²) < 4.78 is 10.8. The number of hydrogen-bond donors (Lipinski definition) is 1. The monoisotopic (exact) mass is 423 g/mol. The van der Waals surface area contributed by atoms with Gasteiger partial charge in [-0.05, 0) is 30.2 Å². The Morgan fingerprint density at radius 1 is 1.06 bits per heavy atom. The van der Waals surface area contributed by atoms with E-state index in [0.717, 1.165) is 5.56 Å². The Morgan fingerprint density at radius 2 is 1.77 bits per heavy atom. The summed E-state index contributed by atoms with van der Waals surface area (Å²) >= 11 is 0. The van der Waals surface area contributed by atoms with Crippen molar-refractivity contribution in [3.8, 4) is 16.9 Å². The quantitative estimate of drug-likeness (QED) is 0.481. The van der Waals surface area contributed by atoms with Gasteiger partial charge >= 0.3 is 5.63 Å². The molecule has 31 heavy (non-hydrogen) atoms. The zero-order valence-electron chi connectivity index (χ0n) is 16.3. The number of carboxylic acid groups (broad SMARTS) is 2. The highest BCUT2D eigenvalue weighted by molar-refractivity contribution is 5.94. The van der Waals surface area contributed by atoms with Crippen molar-refractivity contribution in [3.63, 3.8) is 0 Å². The highest BCUT2D eigenvalue weighted by atomic mass is 16.5. The third-order valence-corrected chi connectivity index (χ3v) is 4.45. The first kappa shape index (κ1) is 21.6. The number of ether oxygens (including phenoxy) is 1. The fraction of sp³-hybridized carbons (Fsp3) is 0.182. The summed E-state index contributed by atoms with van der Waals surface area (Å²) in [6.07, 6.45) is -2.12. The molecule has 0 spiro atoms. The van der Waals surface area contributed by atoms with E-state index in [-0.39, 0.29) is 11.3 Å². The molecule has 1 aromatic heterocycles. The number of aliphatic carboxylic acids is 2. The van der Waals surface area contributed by atoms with Crippen LogP contribution in [0.25, 0.3) is 22.1 Å². The summed E-state index contributed by atoms with van der Waals surface area (Å²) in [7, 11) is 0. The summed E-state index contributed by atoms with van der Waals surface area (Å²) in [5.74, 6) is -4.09. The Labute approximate surface area is 175 Å². The first-order valence-electron chi connectivity index (χ1n) is 9.25. The van der Waals surface area contributed by atoms with Gasteiger partial charge in [0.1, 0.15) is 11.3 Å². The lowest BCUT2D eigenvalue weighted by Gasteiger charge is -2.22. The van der Waals surface area contributed by atoms with Crippen molar-refractivity contribution in [1.29, 1.82) is 0 Å².